The fourth-order valence-electron chi connectivity index (χ4n) is 2.09. The molecule has 2 aliphatic heterocycles. The van der Waals surface area contributed by atoms with Crippen molar-refractivity contribution < 1.29 is 19.7 Å². The van der Waals surface area contributed by atoms with Crippen LogP contribution in [0.2, 0.25) is 0 Å². The second-order valence-electron chi connectivity index (χ2n) is 3.85. The highest BCUT2D eigenvalue weighted by Crippen LogP contribution is 2.41. The first-order chi connectivity index (χ1) is 7.11. The number of methoxy groups -OCH3 is 1. The molecule has 82 valence electrons. The van der Waals surface area contributed by atoms with Crippen molar-refractivity contribution in [2.24, 2.45) is 0 Å². The molecule has 0 amide bonds. The summed E-state index contributed by atoms with van der Waals surface area (Å²) in [5.41, 5.74) is 0.499. The standard InChI is InChI=1S/C10H13NO4/c1-14-9-4-6(5-11)7-2-3-8(12)10(9,13)15-7/h8-9,12-13H,2-4H2,1H3. The van der Waals surface area contributed by atoms with Gasteiger partial charge in [-0.2, -0.15) is 5.26 Å². The molecule has 0 aliphatic carbocycles. The topological polar surface area (TPSA) is 82.7 Å². The second-order valence-corrected chi connectivity index (χ2v) is 3.85. The van der Waals surface area contributed by atoms with Crippen LogP contribution in [0.15, 0.2) is 11.3 Å². The Morgan fingerprint density at radius 1 is 1.67 bits per heavy atom. The summed E-state index contributed by atoms with van der Waals surface area (Å²) in [6, 6.07) is 2.04. The van der Waals surface area contributed by atoms with Crippen LogP contribution in [0.25, 0.3) is 0 Å². The van der Waals surface area contributed by atoms with Crippen LogP contribution in [0.1, 0.15) is 19.3 Å². The van der Waals surface area contributed by atoms with Crippen LogP contribution in [0.4, 0.5) is 0 Å². The zero-order chi connectivity index (χ0) is 11.1. The third kappa shape index (κ3) is 1.42. The first kappa shape index (κ1) is 10.4. The largest absolute Gasteiger partial charge is 0.460 e. The van der Waals surface area contributed by atoms with Crippen LogP contribution < -0.4 is 0 Å². The van der Waals surface area contributed by atoms with Crippen molar-refractivity contribution in [3.05, 3.63) is 11.3 Å². The molecular weight excluding hydrogens is 198 g/mol. The molecule has 0 aromatic rings. The lowest BCUT2D eigenvalue weighted by atomic mass is 9.86. The highest BCUT2D eigenvalue weighted by molar-refractivity contribution is 5.30. The lowest BCUT2D eigenvalue weighted by molar-refractivity contribution is -0.308. The Kier molecular flexibility index (Phi) is 2.43. The lowest BCUT2D eigenvalue weighted by Crippen LogP contribution is -2.58. The third-order valence-electron chi connectivity index (χ3n) is 3.02. The molecule has 0 aromatic heterocycles. The fraction of sp³-hybridized carbons (Fsp3) is 0.700. The molecule has 5 heteroatoms. The van der Waals surface area contributed by atoms with Crippen molar-refractivity contribution in [2.45, 2.75) is 37.3 Å². The summed E-state index contributed by atoms with van der Waals surface area (Å²) in [4.78, 5) is 0. The molecule has 1 saturated heterocycles. The third-order valence-corrected chi connectivity index (χ3v) is 3.02. The summed E-state index contributed by atoms with van der Waals surface area (Å²) in [7, 11) is 1.42. The van der Waals surface area contributed by atoms with Crippen molar-refractivity contribution in [1.82, 2.24) is 0 Å². The van der Waals surface area contributed by atoms with Gasteiger partial charge in [-0.1, -0.05) is 0 Å². The Labute approximate surface area is 87.5 Å². The van der Waals surface area contributed by atoms with E-state index in [0.29, 0.717) is 24.2 Å². The molecule has 0 aromatic carbocycles. The van der Waals surface area contributed by atoms with Gasteiger partial charge in [-0.3, -0.25) is 0 Å². The summed E-state index contributed by atoms with van der Waals surface area (Å²) in [5, 5.41) is 28.7. The predicted octanol–water partition coefficient (Wildman–Crippen LogP) is 0.0427. The monoisotopic (exact) mass is 211 g/mol. The molecule has 2 rings (SSSR count). The second kappa shape index (κ2) is 3.49. The van der Waals surface area contributed by atoms with Gasteiger partial charge in [0.05, 0.1) is 11.6 Å². The number of nitriles is 1. The zero-order valence-corrected chi connectivity index (χ0v) is 8.43. The Morgan fingerprint density at radius 3 is 3.00 bits per heavy atom. The van der Waals surface area contributed by atoms with Gasteiger partial charge in [-0.25, -0.2) is 0 Å². The number of aliphatic hydroxyl groups is 2. The number of aliphatic hydroxyl groups excluding tert-OH is 1. The number of hydrogen-bond donors (Lipinski definition) is 2. The predicted molar refractivity (Wildman–Crippen MR) is 49.3 cm³/mol. The number of nitrogens with zero attached hydrogens (tertiary/aromatic N) is 1. The maximum absolute atomic E-state index is 10.1. The van der Waals surface area contributed by atoms with Crippen molar-refractivity contribution in [3.63, 3.8) is 0 Å². The minimum absolute atomic E-state index is 0.288. The molecule has 1 fully saturated rings. The van der Waals surface area contributed by atoms with Crippen molar-refractivity contribution in [2.75, 3.05) is 7.11 Å². The van der Waals surface area contributed by atoms with Gasteiger partial charge in [0.1, 0.15) is 18.0 Å². The van der Waals surface area contributed by atoms with Crippen molar-refractivity contribution >= 4 is 0 Å². The average molecular weight is 211 g/mol. The maximum Gasteiger partial charge on any atom is 0.260 e. The Balaban J connectivity index is 2.39. The Bertz CT molecular complexity index is 346. The number of allylic oxidation sites excluding steroid dienone is 1. The SMILES string of the molecule is COC1CC(C#N)=C2CCC(O)C1(O)O2. The van der Waals surface area contributed by atoms with Gasteiger partial charge in [0.15, 0.2) is 0 Å². The summed E-state index contributed by atoms with van der Waals surface area (Å²) >= 11 is 0. The number of rotatable bonds is 1. The van der Waals surface area contributed by atoms with Crippen LogP contribution in [0.3, 0.4) is 0 Å². The molecular formula is C10H13NO4. The van der Waals surface area contributed by atoms with E-state index in [1.807, 2.05) is 6.07 Å². The molecule has 0 radical (unpaired) electrons. The van der Waals surface area contributed by atoms with E-state index in [1.165, 1.54) is 7.11 Å². The summed E-state index contributed by atoms with van der Waals surface area (Å²) in [6.07, 6.45) is -0.493. The minimum Gasteiger partial charge on any atom is -0.460 e. The molecule has 5 nitrogen and oxygen atoms in total. The van der Waals surface area contributed by atoms with E-state index in [9.17, 15) is 10.2 Å². The van der Waals surface area contributed by atoms with Crippen LogP contribution in [-0.4, -0.2) is 35.3 Å². The van der Waals surface area contributed by atoms with Gasteiger partial charge in [0.25, 0.3) is 5.79 Å². The molecule has 0 spiro atoms. The molecule has 2 N–H and O–H groups in total. The minimum atomic E-state index is -1.69. The molecule has 2 bridgehead atoms. The summed E-state index contributed by atoms with van der Waals surface area (Å²) in [6.45, 7) is 0. The fourth-order valence-corrected chi connectivity index (χ4v) is 2.09. The van der Waals surface area contributed by atoms with Gasteiger partial charge in [0, 0.05) is 20.0 Å². The van der Waals surface area contributed by atoms with Gasteiger partial charge in [-0.15, -0.1) is 0 Å². The maximum atomic E-state index is 10.1. The van der Waals surface area contributed by atoms with E-state index in [0.717, 1.165) is 0 Å². The number of ether oxygens (including phenoxy) is 2. The van der Waals surface area contributed by atoms with Crippen LogP contribution in [-0.2, 0) is 9.47 Å². The molecule has 2 heterocycles. The average Bonchev–Trinajstić information content (AvgIpc) is 2.24. The number of fused-ring (bicyclic) bond motifs is 2. The quantitative estimate of drug-likeness (QED) is 0.640. The van der Waals surface area contributed by atoms with Crippen LogP contribution in [0, 0.1) is 11.3 Å². The zero-order valence-electron chi connectivity index (χ0n) is 8.43. The van der Waals surface area contributed by atoms with Gasteiger partial charge < -0.3 is 19.7 Å². The van der Waals surface area contributed by atoms with E-state index in [1.54, 1.807) is 0 Å². The molecule has 3 atom stereocenters. The lowest BCUT2D eigenvalue weighted by Gasteiger charge is -2.45. The van der Waals surface area contributed by atoms with E-state index >= 15 is 0 Å². The number of hydrogen-bond acceptors (Lipinski definition) is 5. The summed E-state index contributed by atoms with van der Waals surface area (Å²) in [5.74, 6) is -1.21. The normalized spacial score (nSPS) is 39.6. The van der Waals surface area contributed by atoms with Gasteiger partial charge in [-0.05, 0) is 6.42 Å². The van der Waals surface area contributed by atoms with Gasteiger partial charge in [0.2, 0.25) is 0 Å². The van der Waals surface area contributed by atoms with Crippen LogP contribution >= 0.6 is 0 Å². The first-order valence-corrected chi connectivity index (χ1v) is 4.86. The van der Waals surface area contributed by atoms with E-state index in [4.69, 9.17) is 14.7 Å². The first-order valence-electron chi connectivity index (χ1n) is 4.86. The highest BCUT2D eigenvalue weighted by Gasteiger charge is 2.52. The molecule has 3 unspecified atom stereocenters. The van der Waals surface area contributed by atoms with Crippen LogP contribution in [0.5, 0.6) is 0 Å². The van der Waals surface area contributed by atoms with Crippen molar-refractivity contribution in [3.8, 4) is 6.07 Å². The summed E-state index contributed by atoms with van der Waals surface area (Å²) < 4.78 is 10.3. The molecule has 0 saturated carbocycles. The Hall–Kier alpha value is -1.09. The van der Waals surface area contributed by atoms with Gasteiger partial charge >= 0.3 is 0 Å². The van der Waals surface area contributed by atoms with E-state index < -0.39 is 18.0 Å². The smallest absolute Gasteiger partial charge is 0.260 e. The van der Waals surface area contributed by atoms with Crippen molar-refractivity contribution in [1.29, 1.82) is 5.26 Å². The Morgan fingerprint density at radius 2 is 2.40 bits per heavy atom. The van der Waals surface area contributed by atoms with E-state index in [2.05, 4.69) is 0 Å². The highest BCUT2D eigenvalue weighted by atomic mass is 16.7. The molecule has 2 aliphatic rings. The van der Waals surface area contributed by atoms with E-state index in [-0.39, 0.29) is 6.42 Å². The molecule has 15 heavy (non-hydrogen) atoms.